The van der Waals surface area contributed by atoms with Gasteiger partial charge in [-0.25, -0.2) is 0 Å². The molecule has 0 heteroatoms. The molecule has 0 aromatic heterocycles. The summed E-state index contributed by atoms with van der Waals surface area (Å²) >= 11 is 0. The number of hydrogen-bond acceptors (Lipinski definition) is 0. The van der Waals surface area contributed by atoms with Crippen LogP contribution in [-0.4, -0.2) is 0 Å². The van der Waals surface area contributed by atoms with E-state index in [0.717, 1.165) is 11.8 Å². The monoisotopic (exact) mass is 424 g/mol. The summed E-state index contributed by atoms with van der Waals surface area (Å²) in [7, 11) is 0. The van der Waals surface area contributed by atoms with Gasteiger partial charge in [0.25, 0.3) is 0 Å². The number of benzene rings is 3. The Balaban J connectivity index is 1.55. The van der Waals surface area contributed by atoms with Crippen molar-refractivity contribution in [3.63, 3.8) is 0 Å². The van der Waals surface area contributed by atoms with E-state index in [9.17, 15) is 0 Å². The van der Waals surface area contributed by atoms with Gasteiger partial charge in [-0.3, -0.25) is 0 Å². The zero-order valence-corrected chi connectivity index (χ0v) is 20.3. The van der Waals surface area contributed by atoms with Crippen LogP contribution in [-0.2, 0) is 0 Å². The highest BCUT2D eigenvalue weighted by Gasteiger charge is 2.31. The largest absolute Gasteiger partial charge is 0.0654 e. The Kier molecular flexibility index (Phi) is 7.85. The molecule has 1 saturated carbocycles. The summed E-state index contributed by atoms with van der Waals surface area (Å²) in [6.07, 6.45) is 11.2. The second-order valence-corrected chi connectivity index (χ2v) is 9.88. The van der Waals surface area contributed by atoms with Gasteiger partial charge in [-0.1, -0.05) is 125 Å². The average Bonchev–Trinajstić information content (AvgIpc) is 2.85. The smallest absolute Gasteiger partial charge is 0.0133 e. The normalized spacial score (nSPS) is 19.6. The molecule has 3 atom stereocenters. The molecule has 0 heterocycles. The van der Waals surface area contributed by atoms with Gasteiger partial charge >= 0.3 is 0 Å². The van der Waals surface area contributed by atoms with E-state index in [1.54, 1.807) is 5.56 Å². The lowest BCUT2D eigenvalue weighted by Gasteiger charge is -2.37. The highest BCUT2D eigenvalue weighted by Crippen LogP contribution is 2.44. The molecular formula is C32H40. The van der Waals surface area contributed by atoms with Crippen LogP contribution in [0, 0.1) is 18.8 Å². The fourth-order valence-electron chi connectivity index (χ4n) is 6.09. The summed E-state index contributed by atoms with van der Waals surface area (Å²) in [4.78, 5) is 0. The summed E-state index contributed by atoms with van der Waals surface area (Å²) in [5, 5.41) is 0. The van der Waals surface area contributed by atoms with Gasteiger partial charge in [0.15, 0.2) is 0 Å². The summed E-state index contributed by atoms with van der Waals surface area (Å²) in [6, 6.07) is 27.0. The van der Waals surface area contributed by atoms with Gasteiger partial charge in [0.05, 0.1) is 0 Å². The molecule has 1 aliphatic carbocycles. The van der Waals surface area contributed by atoms with Crippen LogP contribution in [0.25, 0.3) is 22.3 Å². The van der Waals surface area contributed by atoms with Crippen molar-refractivity contribution in [2.75, 3.05) is 0 Å². The molecule has 168 valence electrons. The van der Waals surface area contributed by atoms with E-state index in [0.29, 0.717) is 5.92 Å². The fraction of sp³-hybridized carbons (Fsp3) is 0.438. The highest BCUT2D eigenvalue weighted by atomic mass is 14.4. The fourth-order valence-corrected chi connectivity index (χ4v) is 6.09. The van der Waals surface area contributed by atoms with Crippen molar-refractivity contribution in [3.05, 3.63) is 83.9 Å². The number of rotatable bonds is 8. The SMILES string of the molecule is CCCCC1CCCCC1C(CC)c1ccc(-c2ccc(-c3ccccc3)cc2)c(C)c1. The van der Waals surface area contributed by atoms with E-state index in [1.807, 2.05) is 0 Å². The lowest BCUT2D eigenvalue weighted by molar-refractivity contribution is 0.183. The van der Waals surface area contributed by atoms with Gasteiger partial charge in [-0.2, -0.15) is 0 Å². The molecule has 32 heavy (non-hydrogen) atoms. The van der Waals surface area contributed by atoms with Crippen molar-refractivity contribution in [1.29, 1.82) is 0 Å². The molecular weight excluding hydrogens is 384 g/mol. The Morgan fingerprint density at radius 2 is 1.47 bits per heavy atom. The minimum absolute atomic E-state index is 0.713. The topological polar surface area (TPSA) is 0 Å². The Morgan fingerprint density at radius 3 is 2.16 bits per heavy atom. The van der Waals surface area contributed by atoms with Crippen LogP contribution < -0.4 is 0 Å². The van der Waals surface area contributed by atoms with Crippen molar-refractivity contribution in [3.8, 4) is 22.3 Å². The van der Waals surface area contributed by atoms with Gasteiger partial charge in [-0.05, 0) is 70.9 Å². The lowest BCUT2D eigenvalue weighted by atomic mass is 9.68. The Hall–Kier alpha value is -2.34. The molecule has 0 nitrogen and oxygen atoms in total. The second-order valence-electron chi connectivity index (χ2n) is 9.88. The van der Waals surface area contributed by atoms with E-state index >= 15 is 0 Å². The van der Waals surface area contributed by atoms with Crippen LogP contribution >= 0.6 is 0 Å². The zero-order chi connectivity index (χ0) is 22.3. The molecule has 3 aromatic carbocycles. The third-order valence-electron chi connectivity index (χ3n) is 7.83. The van der Waals surface area contributed by atoms with Crippen molar-refractivity contribution in [2.45, 2.75) is 78.1 Å². The van der Waals surface area contributed by atoms with Crippen molar-refractivity contribution < 1.29 is 0 Å². The van der Waals surface area contributed by atoms with Crippen LogP contribution in [0.5, 0.6) is 0 Å². The van der Waals surface area contributed by atoms with Crippen LogP contribution in [0.1, 0.15) is 82.3 Å². The maximum atomic E-state index is 2.50. The summed E-state index contributed by atoms with van der Waals surface area (Å²) in [5.74, 6) is 2.51. The molecule has 0 amide bonds. The lowest BCUT2D eigenvalue weighted by Crippen LogP contribution is -2.25. The van der Waals surface area contributed by atoms with Crippen LogP contribution in [0.4, 0.5) is 0 Å². The molecule has 3 unspecified atom stereocenters. The minimum Gasteiger partial charge on any atom is -0.0654 e. The first-order valence-corrected chi connectivity index (χ1v) is 13.0. The van der Waals surface area contributed by atoms with Crippen molar-refractivity contribution >= 4 is 0 Å². The third-order valence-corrected chi connectivity index (χ3v) is 7.83. The van der Waals surface area contributed by atoms with E-state index in [2.05, 4.69) is 93.6 Å². The van der Waals surface area contributed by atoms with Crippen LogP contribution in [0.2, 0.25) is 0 Å². The maximum Gasteiger partial charge on any atom is -0.0133 e. The first-order chi connectivity index (χ1) is 15.7. The Labute approximate surface area is 196 Å². The first kappa shape index (κ1) is 22.8. The molecule has 1 aliphatic rings. The minimum atomic E-state index is 0.713. The van der Waals surface area contributed by atoms with Gasteiger partial charge in [0.2, 0.25) is 0 Å². The second kappa shape index (κ2) is 11.0. The van der Waals surface area contributed by atoms with Gasteiger partial charge in [0.1, 0.15) is 0 Å². The molecule has 0 saturated heterocycles. The van der Waals surface area contributed by atoms with Gasteiger partial charge in [-0.15, -0.1) is 0 Å². The third kappa shape index (κ3) is 5.17. The van der Waals surface area contributed by atoms with Gasteiger partial charge < -0.3 is 0 Å². The average molecular weight is 425 g/mol. The summed E-state index contributed by atoms with van der Waals surface area (Å²) in [5.41, 5.74) is 8.24. The molecule has 0 N–H and O–H groups in total. The van der Waals surface area contributed by atoms with E-state index < -0.39 is 0 Å². The predicted molar refractivity (Wildman–Crippen MR) is 140 cm³/mol. The first-order valence-electron chi connectivity index (χ1n) is 13.0. The van der Waals surface area contributed by atoms with E-state index in [-0.39, 0.29) is 0 Å². The Morgan fingerprint density at radius 1 is 0.781 bits per heavy atom. The van der Waals surface area contributed by atoms with Gasteiger partial charge in [0, 0.05) is 0 Å². The molecule has 4 rings (SSSR count). The molecule has 0 spiro atoms. The molecule has 0 radical (unpaired) electrons. The number of unbranched alkanes of at least 4 members (excludes halogenated alkanes) is 1. The molecule has 3 aromatic rings. The van der Waals surface area contributed by atoms with Crippen molar-refractivity contribution in [1.82, 2.24) is 0 Å². The standard InChI is InChI=1S/C32H40/c1-4-6-12-27-15-10-11-16-32(27)30(5-2)29-21-22-31(24(3)23-29)28-19-17-26(18-20-28)25-13-8-7-9-14-25/h7-9,13-14,17-23,27,30,32H,4-6,10-12,15-16H2,1-3H3. The number of aryl methyl sites for hydroxylation is 1. The molecule has 0 aliphatic heterocycles. The Bertz CT molecular complexity index is 967. The van der Waals surface area contributed by atoms with E-state index in [4.69, 9.17) is 0 Å². The zero-order valence-electron chi connectivity index (χ0n) is 20.3. The highest BCUT2D eigenvalue weighted by molar-refractivity contribution is 5.72. The van der Waals surface area contributed by atoms with Crippen molar-refractivity contribution in [2.24, 2.45) is 11.8 Å². The predicted octanol–water partition coefficient (Wildman–Crippen LogP) is 9.82. The molecule has 1 fully saturated rings. The quantitative estimate of drug-likeness (QED) is 0.337. The summed E-state index contributed by atoms with van der Waals surface area (Å²) in [6.45, 7) is 7.04. The van der Waals surface area contributed by atoms with Crippen LogP contribution in [0.3, 0.4) is 0 Å². The van der Waals surface area contributed by atoms with Crippen LogP contribution in [0.15, 0.2) is 72.8 Å². The maximum absolute atomic E-state index is 2.50. The van der Waals surface area contributed by atoms with E-state index in [1.165, 1.54) is 79.2 Å². The molecule has 0 bridgehead atoms. The summed E-state index contributed by atoms with van der Waals surface area (Å²) < 4.78 is 0. The number of hydrogen-bond donors (Lipinski definition) is 0.